The first-order valence-corrected chi connectivity index (χ1v) is 13.2. The Morgan fingerprint density at radius 1 is 0.765 bits per heavy atom. The normalized spacial score (nSPS) is 12.6. The number of aromatic nitrogens is 4. The Balaban J connectivity index is 1.74. The van der Waals surface area contributed by atoms with Crippen molar-refractivity contribution in [3.8, 4) is 0 Å². The van der Waals surface area contributed by atoms with Gasteiger partial charge in [-0.25, -0.2) is 9.78 Å². The Hall–Kier alpha value is -2.64. The minimum Gasteiger partial charge on any atom is -0.312 e. The summed E-state index contributed by atoms with van der Waals surface area (Å²) in [5.74, 6) is 1.59. The Morgan fingerprint density at radius 2 is 1.38 bits per heavy atom. The second kappa shape index (κ2) is 12.7. The van der Waals surface area contributed by atoms with Crippen molar-refractivity contribution in [2.45, 2.75) is 111 Å². The van der Waals surface area contributed by atoms with Gasteiger partial charge in [-0.1, -0.05) is 78.1 Å². The zero-order chi connectivity index (χ0) is 24.5. The maximum atomic E-state index is 13.2. The predicted octanol–water partition coefficient (Wildman–Crippen LogP) is 4.69. The summed E-state index contributed by atoms with van der Waals surface area (Å²) in [5, 5.41) is 0. The molecular formula is C26H41N5O3. The quantitative estimate of drug-likeness (QED) is 0.389. The van der Waals surface area contributed by atoms with Crippen LogP contribution in [0.1, 0.15) is 108 Å². The highest BCUT2D eigenvalue weighted by molar-refractivity contribution is 5.67. The van der Waals surface area contributed by atoms with Crippen LogP contribution >= 0.6 is 0 Å². The molecule has 34 heavy (non-hydrogen) atoms. The van der Waals surface area contributed by atoms with E-state index >= 15 is 0 Å². The molecule has 1 aliphatic rings. The smallest absolute Gasteiger partial charge is 0.312 e. The Bertz CT molecular complexity index is 1110. The fourth-order valence-corrected chi connectivity index (χ4v) is 4.75. The topological polar surface area (TPSA) is 104 Å². The molecule has 1 aliphatic heterocycles. The van der Waals surface area contributed by atoms with E-state index in [1.807, 2.05) is 11.8 Å². The molecule has 8 nitrogen and oxygen atoms in total. The lowest BCUT2D eigenvalue weighted by atomic mass is 10.0. The highest BCUT2D eigenvalue weighted by atomic mass is 16.2. The van der Waals surface area contributed by atoms with Gasteiger partial charge < -0.3 is 9.88 Å². The molecule has 0 atom stereocenters. The number of fused-ring (bicyclic) bond motifs is 2. The third-order valence-electron chi connectivity index (χ3n) is 6.72. The van der Waals surface area contributed by atoms with E-state index in [0.717, 1.165) is 32.1 Å². The maximum Gasteiger partial charge on any atom is 0.329 e. The Morgan fingerprint density at radius 3 is 2.03 bits per heavy atom. The van der Waals surface area contributed by atoms with E-state index in [2.05, 4.69) is 21.9 Å². The lowest BCUT2D eigenvalue weighted by molar-refractivity contribution is 0.554. The lowest BCUT2D eigenvalue weighted by Gasteiger charge is -2.31. The van der Waals surface area contributed by atoms with E-state index < -0.39 is 5.69 Å². The van der Waals surface area contributed by atoms with Gasteiger partial charge in [0.1, 0.15) is 17.5 Å². The van der Waals surface area contributed by atoms with Gasteiger partial charge in [-0.05, 0) is 19.8 Å². The second-order valence-corrected chi connectivity index (χ2v) is 9.53. The Labute approximate surface area is 201 Å². The van der Waals surface area contributed by atoms with E-state index in [-0.39, 0.29) is 17.5 Å². The zero-order valence-corrected chi connectivity index (χ0v) is 21.2. The SMILES string of the molecule is CCCCCCCCCCCCN1c2nc(C)[nH]c(=O)c2Cc2c1[nH]c(=O)n(CCCC)c2=O. The van der Waals surface area contributed by atoms with Crippen LogP contribution < -0.4 is 21.7 Å². The van der Waals surface area contributed by atoms with Crippen LogP contribution in [-0.2, 0) is 13.0 Å². The molecule has 8 heteroatoms. The summed E-state index contributed by atoms with van der Waals surface area (Å²) >= 11 is 0. The summed E-state index contributed by atoms with van der Waals surface area (Å²) < 4.78 is 1.27. The first-order chi connectivity index (χ1) is 16.5. The van der Waals surface area contributed by atoms with Crippen LogP contribution in [0.15, 0.2) is 14.4 Å². The average molecular weight is 472 g/mol. The third kappa shape index (κ3) is 6.27. The van der Waals surface area contributed by atoms with E-state index in [4.69, 9.17) is 0 Å². The number of rotatable bonds is 14. The molecule has 0 saturated heterocycles. The number of unbranched alkanes of at least 4 members (excludes halogenated alkanes) is 10. The molecule has 3 heterocycles. The van der Waals surface area contributed by atoms with Crippen molar-refractivity contribution < 1.29 is 0 Å². The summed E-state index contributed by atoms with van der Waals surface area (Å²) in [6, 6.07) is 0. The highest BCUT2D eigenvalue weighted by Crippen LogP contribution is 2.32. The predicted molar refractivity (Wildman–Crippen MR) is 137 cm³/mol. The van der Waals surface area contributed by atoms with Crippen LogP contribution in [-0.4, -0.2) is 26.1 Å². The maximum absolute atomic E-state index is 13.2. The van der Waals surface area contributed by atoms with Crippen molar-refractivity contribution in [3.63, 3.8) is 0 Å². The van der Waals surface area contributed by atoms with Crippen molar-refractivity contribution >= 4 is 11.6 Å². The molecule has 0 unspecified atom stereocenters. The van der Waals surface area contributed by atoms with Gasteiger partial charge in [0.15, 0.2) is 0 Å². The van der Waals surface area contributed by atoms with Crippen LogP contribution in [0.2, 0.25) is 0 Å². The molecule has 3 rings (SSSR count). The zero-order valence-electron chi connectivity index (χ0n) is 21.2. The summed E-state index contributed by atoms with van der Waals surface area (Å²) in [6.45, 7) is 7.01. The van der Waals surface area contributed by atoms with Crippen molar-refractivity contribution in [3.05, 3.63) is 48.1 Å². The molecule has 2 N–H and O–H groups in total. The third-order valence-corrected chi connectivity index (χ3v) is 6.72. The number of aryl methyl sites for hydroxylation is 1. The molecule has 0 radical (unpaired) electrons. The fourth-order valence-electron chi connectivity index (χ4n) is 4.75. The van der Waals surface area contributed by atoms with Crippen molar-refractivity contribution in [2.75, 3.05) is 11.4 Å². The van der Waals surface area contributed by atoms with E-state index in [9.17, 15) is 14.4 Å². The first-order valence-electron chi connectivity index (χ1n) is 13.2. The van der Waals surface area contributed by atoms with Crippen molar-refractivity contribution in [2.24, 2.45) is 0 Å². The van der Waals surface area contributed by atoms with Gasteiger partial charge >= 0.3 is 5.69 Å². The molecule has 2 aromatic rings. The number of H-pyrrole nitrogens is 2. The molecule has 0 spiro atoms. The van der Waals surface area contributed by atoms with Gasteiger partial charge in [0.05, 0.1) is 11.1 Å². The number of hydrogen-bond donors (Lipinski definition) is 2. The van der Waals surface area contributed by atoms with Gasteiger partial charge in [-0.2, -0.15) is 0 Å². The van der Waals surface area contributed by atoms with Gasteiger partial charge in [0, 0.05) is 19.5 Å². The largest absolute Gasteiger partial charge is 0.329 e. The molecule has 0 aromatic carbocycles. The standard InChI is InChI=1S/C26H41N5O3/c1-4-6-8-9-10-11-12-13-14-15-17-30-22-20(24(32)28-19(3)27-22)18-21-23(30)29-26(34)31(25(21)33)16-7-5-2/h4-18H2,1-3H3,(H,29,34)(H,27,28,32). The molecule has 0 saturated carbocycles. The molecule has 0 fully saturated rings. The molecule has 0 bridgehead atoms. The van der Waals surface area contributed by atoms with Crippen LogP contribution in [0.25, 0.3) is 0 Å². The first kappa shape index (κ1) is 26.0. The molecule has 188 valence electrons. The summed E-state index contributed by atoms with van der Waals surface area (Å²) in [5.41, 5.74) is 0.0657. The monoisotopic (exact) mass is 471 g/mol. The molecule has 0 amide bonds. The summed E-state index contributed by atoms with van der Waals surface area (Å²) in [6.07, 6.45) is 14.1. The molecular weight excluding hydrogens is 430 g/mol. The van der Waals surface area contributed by atoms with E-state index in [1.54, 1.807) is 6.92 Å². The van der Waals surface area contributed by atoms with Crippen LogP contribution in [0.3, 0.4) is 0 Å². The average Bonchev–Trinajstić information content (AvgIpc) is 2.80. The van der Waals surface area contributed by atoms with Gasteiger partial charge in [0.25, 0.3) is 11.1 Å². The minimum atomic E-state index is -0.393. The Kier molecular flexibility index (Phi) is 9.72. The number of nitrogens with zero attached hydrogens (tertiary/aromatic N) is 3. The van der Waals surface area contributed by atoms with E-state index in [0.29, 0.717) is 41.7 Å². The van der Waals surface area contributed by atoms with Crippen molar-refractivity contribution in [1.29, 1.82) is 0 Å². The van der Waals surface area contributed by atoms with E-state index in [1.165, 1.54) is 49.5 Å². The van der Waals surface area contributed by atoms with Crippen LogP contribution in [0.5, 0.6) is 0 Å². The molecule has 0 aliphatic carbocycles. The molecule has 2 aromatic heterocycles. The number of anilines is 2. The van der Waals surface area contributed by atoms with Gasteiger partial charge in [-0.15, -0.1) is 0 Å². The number of hydrogen-bond acceptors (Lipinski definition) is 5. The minimum absolute atomic E-state index is 0.184. The van der Waals surface area contributed by atoms with Crippen LogP contribution in [0.4, 0.5) is 11.6 Å². The summed E-state index contributed by atoms with van der Waals surface area (Å²) in [4.78, 5) is 50.8. The summed E-state index contributed by atoms with van der Waals surface area (Å²) in [7, 11) is 0. The van der Waals surface area contributed by atoms with Gasteiger partial charge in [0.2, 0.25) is 0 Å². The van der Waals surface area contributed by atoms with Gasteiger partial charge in [-0.3, -0.25) is 19.1 Å². The highest BCUT2D eigenvalue weighted by Gasteiger charge is 2.30. The van der Waals surface area contributed by atoms with Crippen molar-refractivity contribution in [1.82, 2.24) is 19.5 Å². The van der Waals surface area contributed by atoms with Crippen LogP contribution in [0, 0.1) is 6.92 Å². The second-order valence-electron chi connectivity index (χ2n) is 9.53. The fraction of sp³-hybridized carbons (Fsp3) is 0.692. The lowest BCUT2D eigenvalue weighted by Crippen LogP contribution is -2.43. The number of nitrogens with one attached hydrogen (secondary N) is 2. The number of aromatic amines is 2.